The topological polar surface area (TPSA) is 81.0 Å². The van der Waals surface area contributed by atoms with E-state index < -0.39 is 11.8 Å². The van der Waals surface area contributed by atoms with Crippen LogP contribution in [-0.4, -0.2) is 28.4 Å². The minimum absolute atomic E-state index is 0.0164. The lowest BCUT2D eigenvalue weighted by Crippen LogP contribution is -2.11. The lowest BCUT2D eigenvalue weighted by atomic mass is 10.1. The van der Waals surface area contributed by atoms with E-state index >= 15 is 0 Å². The molecule has 9 heteroatoms. The van der Waals surface area contributed by atoms with Crippen LogP contribution in [0.4, 0.5) is 4.39 Å². The number of benzene rings is 2. The fourth-order valence-electron chi connectivity index (χ4n) is 3.04. The molecule has 0 bridgehead atoms. The van der Waals surface area contributed by atoms with E-state index in [-0.39, 0.29) is 41.0 Å². The number of oxime groups is 1. The first-order valence-corrected chi connectivity index (χ1v) is 9.97. The van der Waals surface area contributed by atoms with Crippen molar-refractivity contribution in [3.8, 4) is 22.8 Å². The zero-order valence-electron chi connectivity index (χ0n) is 15.9. The third-order valence-electron chi connectivity index (χ3n) is 4.58. The van der Waals surface area contributed by atoms with Crippen molar-refractivity contribution in [3.05, 3.63) is 75.7 Å². The summed E-state index contributed by atoms with van der Waals surface area (Å²) < 4.78 is 20.2. The van der Waals surface area contributed by atoms with E-state index in [4.69, 9.17) is 27.9 Å². The number of aromatic hydroxyl groups is 1. The smallest absolute Gasteiger partial charge is 0.340 e. The summed E-state index contributed by atoms with van der Waals surface area (Å²) in [6, 6.07) is 13.6. The standard InChI is InChI=1S/C22H15Cl2FN2O4/c23-16-10-18(30-11-14-9-19(29)31-27-14)21(25)20(24)15(16)8-13-6-7-17(28)22(26-13)12-4-2-1-3-5-12/h1-7,10,28H,8-9,11H2. The SMILES string of the molecule is O=C1CC(COc2cc(Cl)c(Cc3ccc(O)c(-c4ccccc4)n3)c(Cl)c2F)=NO1. The number of hydrogen-bond acceptors (Lipinski definition) is 6. The largest absolute Gasteiger partial charge is 0.506 e. The Morgan fingerprint density at radius 1 is 1.16 bits per heavy atom. The number of ether oxygens (including phenoxy) is 1. The first-order valence-electron chi connectivity index (χ1n) is 9.21. The predicted octanol–water partition coefficient (Wildman–Crippen LogP) is 5.17. The molecule has 0 aliphatic carbocycles. The van der Waals surface area contributed by atoms with Gasteiger partial charge in [-0.3, -0.25) is 0 Å². The minimum atomic E-state index is -0.783. The Labute approximate surface area is 186 Å². The van der Waals surface area contributed by atoms with Gasteiger partial charge in [0, 0.05) is 28.8 Å². The Kier molecular flexibility index (Phi) is 6.06. The maximum absolute atomic E-state index is 14.8. The zero-order chi connectivity index (χ0) is 22.0. The average molecular weight is 461 g/mol. The van der Waals surface area contributed by atoms with E-state index in [1.807, 2.05) is 30.3 Å². The predicted molar refractivity (Wildman–Crippen MR) is 114 cm³/mol. The third kappa shape index (κ3) is 4.62. The van der Waals surface area contributed by atoms with Crippen molar-refractivity contribution in [2.45, 2.75) is 12.8 Å². The number of nitrogens with zero attached hydrogens (tertiary/aromatic N) is 2. The second kappa shape index (κ2) is 8.91. The van der Waals surface area contributed by atoms with E-state index in [2.05, 4.69) is 15.0 Å². The van der Waals surface area contributed by atoms with E-state index in [1.165, 1.54) is 12.1 Å². The van der Waals surface area contributed by atoms with Crippen molar-refractivity contribution < 1.29 is 23.9 Å². The average Bonchev–Trinajstić information content (AvgIpc) is 3.19. The number of aromatic nitrogens is 1. The van der Waals surface area contributed by atoms with E-state index in [0.717, 1.165) is 5.56 Å². The molecule has 1 aromatic heterocycles. The molecular weight excluding hydrogens is 446 g/mol. The summed E-state index contributed by atoms with van der Waals surface area (Å²) in [5.41, 5.74) is 2.36. The molecule has 4 rings (SSSR count). The molecule has 6 nitrogen and oxygen atoms in total. The molecule has 0 atom stereocenters. The van der Waals surface area contributed by atoms with Gasteiger partial charge in [-0.05, 0) is 17.7 Å². The number of pyridine rings is 1. The van der Waals surface area contributed by atoms with Gasteiger partial charge in [-0.15, -0.1) is 0 Å². The molecule has 0 unspecified atom stereocenters. The molecule has 2 aromatic carbocycles. The maximum Gasteiger partial charge on any atom is 0.340 e. The van der Waals surface area contributed by atoms with E-state index in [9.17, 15) is 14.3 Å². The molecule has 0 amide bonds. The molecule has 0 saturated carbocycles. The van der Waals surface area contributed by atoms with Crippen LogP contribution in [0.5, 0.6) is 11.5 Å². The van der Waals surface area contributed by atoms with Crippen LogP contribution < -0.4 is 4.74 Å². The number of carbonyl (C=O) groups is 1. The van der Waals surface area contributed by atoms with Crippen LogP contribution in [0.1, 0.15) is 17.7 Å². The Morgan fingerprint density at radius 2 is 1.94 bits per heavy atom. The summed E-state index contributed by atoms with van der Waals surface area (Å²) in [6.07, 6.45) is 0.126. The molecule has 0 spiro atoms. The molecule has 1 aliphatic heterocycles. The Balaban J connectivity index is 1.58. The van der Waals surface area contributed by atoms with Gasteiger partial charge in [-0.25, -0.2) is 14.2 Å². The maximum atomic E-state index is 14.8. The van der Waals surface area contributed by atoms with Crippen LogP contribution in [-0.2, 0) is 16.1 Å². The van der Waals surface area contributed by atoms with Gasteiger partial charge in [0.15, 0.2) is 11.6 Å². The van der Waals surface area contributed by atoms with Gasteiger partial charge in [0.05, 0.1) is 11.4 Å². The highest BCUT2D eigenvalue weighted by atomic mass is 35.5. The molecule has 31 heavy (non-hydrogen) atoms. The molecule has 1 N–H and O–H groups in total. The van der Waals surface area contributed by atoms with Crippen molar-refractivity contribution in [3.63, 3.8) is 0 Å². The van der Waals surface area contributed by atoms with Gasteiger partial charge in [0.1, 0.15) is 23.8 Å². The lowest BCUT2D eigenvalue weighted by Gasteiger charge is -2.13. The summed E-state index contributed by atoms with van der Waals surface area (Å²) in [7, 11) is 0. The van der Waals surface area contributed by atoms with E-state index in [0.29, 0.717) is 22.7 Å². The second-order valence-corrected chi connectivity index (χ2v) is 7.55. The lowest BCUT2D eigenvalue weighted by molar-refractivity contribution is -0.140. The van der Waals surface area contributed by atoms with Crippen molar-refractivity contribution >= 4 is 34.9 Å². The van der Waals surface area contributed by atoms with Crippen LogP contribution in [0.3, 0.4) is 0 Å². The summed E-state index contributed by atoms with van der Waals surface area (Å²) in [4.78, 5) is 20.0. The monoisotopic (exact) mass is 460 g/mol. The second-order valence-electron chi connectivity index (χ2n) is 6.76. The molecule has 0 saturated heterocycles. The van der Waals surface area contributed by atoms with Gasteiger partial charge in [0.2, 0.25) is 0 Å². The third-order valence-corrected chi connectivity index (χ3v) is 5.31. The highest BCUT2D eigenvalue weighted by Gasteiger charge is 2.21. The Bertz CT molecular complexity index is 1190. The summed E-state index contributed by atoms with van der Waals surface area (Å²) in [5.74, 6) is -1.42. The van der Waals surface area contributed by atoms with Crippen molar-refractivity contribution in [2.75, 3.05) is 6.61 Å². The number of carbonyl (C=O) groups excluding carboxylic acids is 1. The van der Waals surface area contributed by atoms with Gasteiger partial charge in [0.25, 0.3) is 0 Å². The fraction of sp³-hybridized carbons (Fsp3) is 0.136. The number of hydrogen-bond donors (Lipinski definition) is 1. The Hall–Kier alpha value is -3.16. The number of halogens is 3. The fourth-order valence-corrected chi connectivity index (χ4v) is 3.61. The molecule has 158 valence electrons. The number of rotatable bonds is 6. The van der Waals surface area contributed by atoms with Gasteiger partial charge in [-0.2, -0.15) is 0 Å². The van der Waals surface area contributed by atoms with E-state index in [1.54, 1.807) is 6.07 Å². The molecule has 2 heterocycles. The minimum Gasteiger partial charge on any atom is -0.506 e. The highest BCUT2D eigenvalue weighted by Crippen LogP contribution is 2.36. The normalized spacial score (nSPS) is 13.1. The molecule has 0 fully saturated rings. The molecule has 3 aromatic rings. The van der Waals surface area contributed by atoms with Crippen molar-refractivity contribution in [1.82, 2.24) is 4.98 Å². The van der Waals surface area contributed by atoms with Gasteiger partial charge in [-0.1, -0.05) is 58.7 Å². The van der Waals surface area contributed by atoms with Crippen molar-refractivity contribution in [2.24, 2.45) is 5.16 Å². The van der Waals surface area contributed by atoms with Crippen LogP contribution >= 0.6 is 23.2 Å². The first kappa shape index (κ1) is 21.1. The highest BCUT2D eigenvalue weighted by molar-refractivity contribution is 6.36. The van der Waals surface area contributed by atoms with Crippen LogP contribution in [0.15, 0.2) is 53.7 Å². The summed E-state index contributed by atoms with van der Waals surface area (Å²) >= 11 is 12.6. The first-order chi connectivity index (χ1) is 14.9. The molecule has 1 aliphatic rings. The summed E-state index contributed by atoms with van der Waals surface area (Å²) in [5, 5.41) is 13.7. The van der Waals surface area contributed by atoms with Gasteiger partial charge < -0.3 is 14.7 Å². The van der Waals surface area contributed by atoms with Crippen LogP contribution in [0, 0.1) is 5.82 Å². The quantitative estimate of drug-likeness (QED) is 0.405. The Morgan fingerprint density at radius 3 is 2.65 bits per heavy atom. The zero-order valence-corrected chi connectivity index (χ0v) is 17.5. The molecule has 0 radical (unpaired) electrons. The van der Waals surface area contributed by atoms with Crippen LogP contribution in [0.2, 0.25) is 10.0 Å². The summed E-state index contributed by atoms with van der Waals surface area (Å²) in [6.45, 7) is -0.130. The van der Waals surface area contributed by atoms with Crippen molar-refractivity contribution in [1.29, 1.82) is 0 Å². The molecular formula is C22H15Cl2FN2O4. The van der Waals surface area contributed by atoms with Crippen LogP contribution in [0.25, 0.3) is 11.3 Å². The van der Waals surface area contributed by atoms with Gasteiger partial charge >= 0.3 is 5.97 Å².